The summed E-state index contributed by atoms with van der Waals surface area (Å²) in [6, 6.07) is 19.6. The average molecular weight is 545 g/mol. The quantitative estimate of drug-likeness (QED) is 0.244. The van der Waals surface area contributed by atoms with E-state index in [1.165, 1.54) is 4.90 Å². The van der Waals surface area contributed by atoms with Crippen LogP contribution in [0.5, 0.6) is 11.5 Å². The van der Waals surface area contributed by atoms with Crippen molar-refractivity contribution in [2.75, 3.05) is 33.1 Å². The third-order valence-corrected chi connectivity index (χ3v) is 6.15. The third kappa shape index (κ3) is 9.31. The number of amides is 2. The number of carbonyl (C=O) groups is 3. The second-order valence-electron chi connectivity index (χ2n) is 9.47. The van der Waals surface area contributed by atoms with Crippen molar-refractivity contribution in [1.29, 1.82) is 0 Å². The van der Waals surface area contributed by atoms with Gasteiger partial charge in [-0.15, -0.1) is 0 Å². The second kappa shape index (κ2) is 15.1. The van der Waals surface area contributed by atoms with Gasteiger partial charge in [-0.05, 0) is 85.3 Å². The minimum absolute atomic E-state index is 0.0569. The molecule has 0 spiro atoms. The number of hydrogen-bond acceptors (Lipinski definition) is 5. The van der Waals surface area contributed by atoms with Crippen LogP contribution in [0.3, 0.4) is 0 Å². The Kier molecular flexibility index (Phi) is 11.3. The van der Waals surface area contributed by atoms with Crippen LogP contribution >= 0.6 is 0 Å². The molecule has 40 heavy (non-hydrogen) atoms. The molecular formula is C32H36N2O6. The van der Waals surface area contributed by atoms with E-state index in [0.29, 0.717) is 34.7 Å². The van der Waals surface area contributed by atoms with Crippen molar-refractivity contribution in [1.82, 2.24) is 4.90 Å². The summed E-state index contributed by atoms with van der Waals surface area (Å²) in [5.74, 6) is -0.0390. The summed E-state index contributed by atoms with van der Waals surface area (Å²) in [5.41, 5.74) is 3.10. The van der Waals surface area contributed by atoms with Gasteiger partial charge in [0.1, 0.15) is 11.5 Å². The Morgan fingerprint density at radius 3 is 2.40 bits per heavy atom. The fourth-order valence-corrected chi connectivity index (χ4v) is 3.97. The predicted molar refractivity (Wildman–Crippen MR) is 156 cm³/mol. The first-order chi connectivity index (χ1) is 19.3. The van der Waals surface area contributed by atoms with E-state index in [9.17, 15) is 19.5 Å². The SMILES string of the molecule is COc1ccc(C=CCCCCOc2ccc(NC(=O)c3cccc(C(=O)N(C)C)c3)cc2CCC(=O)O)cc1. The monoisotopic (exact) mass is 544 g/mol. The predicted octanol–water partition coefficient (Wildman–Crippen LogP) is 5.93. The molecule has 210 valence electrons. The van der Waals surface area contributed by atoms with Crippen molar-refractivity contribution in [3.8, 4) is 11.5 Å². The number of hydrogen-bond donors (Lipinski definition) is 2. The van der Waals surface area contributed by atoms with Crippen LogP contribution in [0, 0.1) is 0 Å². The summed E-state index contributed by atoms with van der Waals surface area (Å²) in [4.78, 5) is 37.8. The van der Waals surface area contributed by atoms with Crippen molar-refractivity contribution in [3.05, 3.63) is 95.1 Å². The fourth-order valence-electron chi connectivity index (χ4n) is 3.97. The number of benzene rings is 3. The normalized spacial score (nSPS) is 10.8. The van der Waals surface area contributed by atoms with E-state index in [2.05, 4.69) is 17.5 Å². The van der Waals surface area contributed by atoms with Crippen LogP contribution in [0.1, 0.15) is 57.5 Å². The van der Waals surface area contributed by atoms with Crippen LogP contribution in [0.2, 0.25) is 0 Å². The minimum Gasteiger partial charge on any atom is -0.497 e. The van der Waals surface area contributed by atoms with Gasteiger partial charge in [-0.1, -0.05) is 30.4 Å². The third-order valence-electron chi connectivity index (χ3n) is 6.15. The Bertz CT molecular complexity index is 1330. The van der Waals surface area contributed by atoms with Gasteiger partial charge in [-0.2, -0.15) is 0 Å². The number of aliphatic carboxylic acids is 1. The van der Waals surface area contributed by atoms with Crippen LogP contribution in [-0.4, -0.2) is 55.6 Å². The fraction of sp³-hybridized carbons (Fsp3) is 0.281. The van der Waals surface area contributed by atoms with Gasteiger partial charge in [-0.3, -0.25) is 14.4 Å². The van der Waals surface area contributed by atoms with Crippen LogP contribution in [0.4, 0.5) is 5.69 Å². The van der Waals surface area contributed by atoms with E-state index in [1.54, 1.807) is 63.7 Å². The zero-order chi connectivity index (χ0) is 28.9. The molecule has 3 aromatic carbocycles. The molecule has 0 fully saturated rings. The van der Waals surface area contributed by atoms with Gasteiger partial charge in [0.25, 0.3) is 11.8 Å². The number of aryl methyl sites for hydroxylation is 1. The smallest absolute Gasteiger partial charge is 0.303 e. The van der Waals surface area contributed by atoms with Crippen molar-refractivity contribution < 1.29 is 29.0 Å². The molecule has 2 N–H and O–H groups in total. The zero-order valence-corrected chi connectivity index (χ0v) is 23.2. The first-order valence-corrected chi connectivity index (χ1v) is 13.2. The van der Waals surface area contributed by atoms with Crippen molar-refractivity contribution in [3.63, 3.8) is 0 Å². The van der Waals surface area contributed by atoms with E-state index in [1.807, 2.05) is 24.3 Å². The highest BCUT2D eigenvalue weighted by molar-refractivity contribution is 6.06. The number of unbranched alkanes of at least 4 members (excludes halogenated alkanes) is 2. The largest absolute Gasteiger partial charge is 0.497 e. The summed E-state index contributed by atoms with van der Waals surface area (Å²) in [7, 11) is 4.95. The Hall–Kier alpha value is -4.59. The van der Waals surface area contributed by atoms with Gasteiger partial charge in [0, 0.05) is 37.3 Å². The molecule has 2 amide bonds. The Morgan fingerprint density at radius 2 is 1.70 bits per heavy atom. The van der Waals surface area contributed by atoms with Crippen LogP contribution < -0.4 is 14.8 Å². The Labute approximate surface area is 235 Å². The van der Waals surface area contributed by atoms with E-state index < -0.39 is 5.97 Å². The molecule has 0 atom stereocenters. The first kappa shape index (κ1) is 30.0. The summed E-state index contributed by atoms with van der Waals surface area (Å²) in [6.45, 7) is 0.495. The lowest BCUT2D eigenvalue weighted by Crippen LogP contribution is -2.22. The van der Waals surface area contributed by atoms with Gasteiger partial charge in [0.15, 0.2) is 0 Å². The lowest BCUT2D eigenvalue weighted by molar-refractivity contribution is -0.136. The Morgan fingerprint density at radius 1 is 0.950 bits per heavy atom. The number of carboxylic acid groups (broad SMARTS) is 1. The lowest BCUT2D eigenvalue weighted by Gasteiger charge is -2.14. The van der Waals surface area contributed by atoms with Crippen LogP contribution in [0.25, 0.3) is 6.08 Å². The number of carboxylic acids is 1. The van der Waals surface area contributed by atoms with Gasteiger partial charge in [-0.25, -0.2) is 0 Å². The molecule has 8 nitrogen and oxygen atoms in total. The maximum Gasteiger partial charge on any atom is 0.303 e. The highest BCUT2D eigenvalue weighted by atomic mass is 16.5. The Balaban J connectivity index is 1.56. The summed E-state index contributed by atoms with van der Waals surface area (Å²) in [6.07, 6.45) is 7.11. The summed E-state index contributed by atoms with van der Waals surface area (Å²) >= 11 is 0. The standard InChI is InChI=1S/C32H36N2O6/c1-34(2)32(38)26-11-8-10-25(21-26)31(37)33-27-15-18-29(24(22-27)14-19-30(35)36)40-20-7-5-4-6-9-23-12-16-28(39-3)17-13-23/h6,8-13,15-18,21-22H,4-5,7,14,19-20H2,1-3H3,(H,33,37)(H,35,36). The number of ether oxygens (including phenoxy) is 2. The number of anilines is 1. The van der Waals surface area contributed by atoms with Crippen LogP contribution in [-0.2, 0) is 11.2 Å². The number of carbonyl (C=O) groups excluding carboxylic acids is 2. The van der Waals surface area contributed by atoms with Gasteiger partial charge in [0.2, 0.25) is 0 Å². The van der Waals surface area contributed by atoms with Crippen molar-refractivity contribution in [2.24, 2.45) is 0 Å². The summed E-state index contributed by atoms with van der Waals surface area (Å²) in [5, 5.41) is 12.0. The topological polar surface area (TPSA) is 105 Å². The highest BCUT2D eigenvalue weighted by Crippen LogP contribution is 2.25. The molecule has 0 aliphatic heterocycles. The van der Waals surface area contributed by atoms with Crippen molar-refractivity contribution in [2.45, 2.75) is 32.1 Å². The molecule has 0 unspecified atom stereocenters. The minimum atomic E-state index is -0.911. The highest BCUT2D eigenvalue weighted by Gasteiger charge is 2.14. The lowest BCUT2D eigenvalue weighted by atomic mass is 10.1. The van der Waals surface area contributed by atoms with E-state index in [4.69, 9.17) is 9.47 Å². The second-order valence-corrected chi connectivity index (χ2v) is 9.47. The molecule has 8 heteroatoms. The zero-order valence-electron chi connectivity index (χ0n) is 23.2. The van der Waals surface area contributed by atoms with E-state index in [0.717, 1.165) is 30.6 Å². The molecule has 0 saturated carbocycles. The average Bonchev–Trinajstić information content (AvgIpc) is 2.96. The molecule has 0 heterocycles. The molecule has 0 saturated heterocycles. The first-order valence-electron chi connectivity index (χ1n) is 13.2. The number of nitrogens with zero attached hydrogens (tertiary/aromatic N) is 1. The molecule has 0 aromatic heterocycles. The molecule has 0 aliphatic rings. The van der Waals surface area contributed by atoms with Gasteiger partial charge in [0.05, 0.1) is 13.7 Å². The number of nitrogens with one attached hydrogen (secondary N) is 1. The van der Waals surface area contributed by atoms with E-state index >= 15 is 0 Å². The molecule has 3 aromatic rings. The number of methoxy groups -OCH3 is 1. The van der Waals surface area contributed by atoms with Crippen molar-refractivity contribution >= 4 is 29.5 Å². The van der Waals surface area contributed by atoms with Gasteiger partial charge >= 0.3 is 5.97 Å². The number of allylic oxidation sites excluding steroid dienone is 1. The molecule has 0 bridgehead atoms. The molecule has 0 aliphatic carbocycles. The number of rotatable bonds is 14. The van der Waals surface area contributed by atoms with Gasteiger partial charge < -0.3 is 24.8 Å². The van der Waals surface area contributed by atoms with E-state index in [-0.39, 0.29) is 24.7 Å². The van der Waals surface area contributed by atoms with Crippen LogP contribution in [0.15, 0.2) is 72.8 Å². The summed E-state index contributed by atoms with van der Waals surface area (Å²) < 4.78 is 11.2. The maximum atomic E-state index is 12.9. The molecule has 3 rings (SSSR count). The molecular weight excluding hydrogens is 508 g/mol. The molecule has 0 radical (unpaired) electrons. The maximum absolute atomic E-state index is 12.9.